The largest absolute Gasteiger partial charge is 0.383 e. The van der Waals surface area contributed by atoms with Gasteiger partial charge in [0.1, 0.15) is 11.4 Å². The third-order valence-electron chi connectivity index (χ3n) is 3.86. The third kappa shape index (κ3) is 5.15. The molecule has 2 rings (SSSR count). The van der Waals surface area contributed by atoms with Gasteiger partial charge in [0, 0.05) is 10.8 Å². The molecular formula is C18H22FNO2S. The fourth-order valence-corrected chi connectivity index (χ4v) is 3.10. The summed E-state index contributed by atoms with van der Waals surface area (Å²) < 4.78 is 13.1. The number of aliphatic hydroxyl groups is 1. The smallest absolute Gasteiger partial charge is 0.222 e. The number of amides is 1. The molecule has 0 aliphatic heterocycles. The molecule has 0 radical (unpaired) electrons. The molecule has 1 amide bonds. The molecule has 2 aromatic rings. The molecule has 0 aliphatic rings. The standard InChI is InChI=1S/C18H22FNO2S/c1-13(8-9-14-5-3-6-15(19)11-14)17(21)20-12-18(2,22)16-7-4-10-23-16/h3-7,10-11,13,22H,8-9,12H2,1-2H3,(H,20,21). The SMILES string of the molecule is CC(CCc1cccc(F)c1)C(=O)NCC(C)(O)c1cccs1. The number of nitrogens with one attached hydrogen (secondary N) is 1. The number of aryl methyl sites for hydroxylation is 1. The van der Waals surface area contributed by atoms with Crippen molar-refractivity contribution in [3.63, 3.8) is 0 Å². The Hall–Kier alpha value is -1.72. The van der Waals surface area contributed by atoms with E-state index < -0.39 is 5.60 Å². The van der Waals surface area contributed by atoms with E-state index in [1.807, 2.05) is 30.5 Å². The van der Waals surface area contributed by atoms with Crippen molar-refractivity contribution in [2.75, 3.05) is 6.54 Å². The molecule has 0 spiro atoms. The van der Waals surface area contributed by atoms with Crippen LogP contribution in [0.1, 0.15) is 30.7 Å². The van der Waals surface area contributed by atoms with Crippen molar-refractivity contribution >= 4 is 17.2 Å². The van der Waals surface area contributed by atoms with E-state index in [0.29, 0.717) is 12.8 Å². The molecule has 2 unspecified atom stereocenters. The minimum atomic E-state index is -1.06. The normalized spacial score (nSPS) is 15.0. The second-order valence-electron chi connectivity index (χ2n) is 6.04. The Labute approximate surface area is 140 Å². The fourth-order valence-electron chi connectivity index (χ4n) is 2.31. The van der Waals surface area contributed by atoms with Crippen LogP contribution >= 0.6 is 11.3 Å². The summed E-state index contributed by atoms with van der Waals surface area (Å²) in [6.45, 7) is 3.71. The van der Waals surface area contributed by atoms with E-state index in [1.54, 1.807) is 13.0 Å². The van der Waals surface area contributed by atoms with E-state index in [-0.39, 0.29) is 24.2 Å². The van der Waals surface area contributed by atoms with Gasteiger partial charge in [-0.15, -0.1) is 11.3 Å². The lowest BCUT2D eigenvalue weighted by Gasteiger charge is -2.23. The van der Waals surface area contributed by atoms with Gasteiger partial charge in [0.05, 0.1) is 6.54 Å². The predicted octanol–water partition coefficient (Wildman–Crippen LogP) is 3.48. The van der Waals surface area contributed by atoms with Crippen molar-refractivity contribution in [1.29, 1.82) is 0 Å². The Bertz CT molecular complexity index is 640. The molecule has 124 valence electrons. The van der Waals surface area contributed by atoms with Gasteiger partial charge in [-0.25, -0.2) is 4.39 Å². The summed E-state index contributed by atoms with van der Waals surface area (Å²) in [6.07, 6.45) is 1.28. The molecule has 5 heteroatoms. The Morgan fingerprint density at radius 2 is 2.17 bits per heavy atom. The number of rotatable bonds is 7. The van der Waals surface area contributed by atoms with E-state index >= 15 is 0 Å². The van der Waals surface area contributed by atoms with Gasteiger partial charge in [-0.2, -0.15) is 0 Å². The summed E-state index contributed by atoms with van der Waals surface area (Å²) in [5.41, 5.74) is -0.179. The highest BCUT2D eigenvalue weighted by molar-refractivity contribution is 7.10. The second-order valence-corrected chi connectivity index (χ2v) is 6.99. The van der Waals surface area contributed by atoms with Crippen LogP contribution in [0.25, 0.3) is 0 Å². The van der Waals surface area contributed by atoms with Crippen LogP contribution in [0.5, 0.6) is 0 Å². The first-order chi connectivity index (χ1) is 10.9. The van der Waals surface area contributed by atoms with Crippen LogP contribution in [0.4, 0.5) is 4.39 Å². The monoisotopic (exact) mass is 335 g/mol. The van der Waals surface area contributed by atoms with Gasteiger partial charge in [-0.05, 0) is 48.9 Å². The first kappa shape index (κ1) is 17.6. The molecule has 1 heterocycles. The van der Waals surface area contributed by atoms with E-state index in [2.05, 4.69) is 5.32 Å². The van der Waals surface area contributed by atoms with Crippen LogP contribution in [0.2, 0.25) is 0 Å². The Morgan fingerprint density at radius 3 is 2.83 bits per heavy atom. The number of carbonyl (C=O) groups excluding carboxylic acids is 1. The maximum Gasteiger partial charge on any atom is 0.222 e. The van der Waals surface area contributed by atoms with Crippen LogP contribution in [-0.4, -0.2) is 17.6 Å². The van der Waals surface area contributed by atoms with Crippen molar-refractivity contribution in [2.45, 2.75) is 32.3 Å². The molecule has 1 aromatic carbocycles. The number of thiophene rings is 1. The minimum absolute atomic E-state index is 0.0989. The summed E-state index contributed by atoms with van der Waals surface area (Å²) in [5.74, 6) is -0.553. The number of benzene rings is 1. The molecule has 3 nitrogen and oxygen atoms in total. The Balaban J connectivity index is 1.81. The van der Waals surface area contributed by atoms with E-state index in [4.69, 9.17) is 0 Å². The number of hydrogen-bond acceptors (Lipinski definition) is 3. The summed E-state index contributed by atoms with van der Waals surface area (Å²) >= 11 is 1.46. The third-order valence-corrected chi connectivity index (χ3v) is 4.98. The quantitative estimate of drug-likeness (QED) is 0.814. The molecule has 2 atom stereocenters. The van der Waals surface area contributed by atoms with Gasteiger partial charge < -0.3 is 10.4 Å². The maximum atomic E-state index is 13.1. The number of carbonyl (C=O) groups is 1. The lowest BCUT2D eigenvalue weighted by molar-refractivity contribution is -0.125. The highest BCUT2D eigenvalue weighted by atomic mass is 32.1. The minimum Gasteiger partial charge on any atom is -0.383 e. The van der Waals surface area contributed by atoms with E-state index in [0.717, 1.165) is 10.4 Å². The van der Waals surface area contributed by atoms with Gasteiger partial charge in [0.25, 0.3) is 0 Å². The molecule has 0 saturated carbocycles. The molecule has 0 fully saturated rings. The number of hydrogen-bond donors (Lipinski definition) is 2. The van der Waals surface area contributed by atoms with Crippen LogP contribution in [0.3, 0.4) is 0 Å². The van der Waals surface area contributed by atoms with Gasteiger partial charge in [0.15, 0.2) is 0 Å². The van der Waals surface area contributed by atoms with Gasteiger partial charge in [0.2, 0.25) is 5.91 Å². The lowest BCUT2D eigenvalue weighted by Crippen LogP contribution is -2.40. The second kappa shape index (κ2) is 7.70. The lowest BCUT2D eigenvalue weighted by atomic mass is 9.99. The summed E-state index contributed by atoms with van der Waals surface area (Å²) in [4.78, 5) is 13.0. The summed E-state index contributed by atoms with van der Waals surface area (Å²) in [5, 5.41) is 15.1. The molecule has 23 heavy (non-hydrogen) atoms. The molecule has 0 bridgehead atoms. The predicted molar refractivity (Wildman–Crippen MR) is 90.8 cm³/mol. The first-order valence-electron chi connectivity index (χ1n) is 7.67. The van der Waals surface area contributed by atoms with Crippen molar-refractivity contribution < 1.29 is 14.3 Å². The van der Waals surface area contributed by atoms with Crippen LogP contribution in [-0.2, 0) is 16.8 Å². The average Bonchev–Trinajstić information content (AvgIpc) is 3.05. The van der Waals surface area contributed by atoms with E-state index in [1.165, 1.54) is 23.5 Å². The molecular weight excluding hydrogens is 313 g/mol. The number of halogens is 1. The Kier molecular flexibility index (Phi) is 5.91. The highest BCUT2D eigenvalue weighted by Crippen LogP contribution is 2.24. The highest BCUT2D eigenvalue weighted by Gasteiger charge is 2.25. The van der Waals surface area contributed by atoms with Crippen molar-refractivity contribution in [3.05, 3.63) is 58.0 Å². The topological polar surface area (TPSA) is 49.3 Å². The Morgan fingerprint density at radius 1 is 1.39 bits per heavy atom. The zero-order valence-electron chi connectivity index (χ0n) is 13.4. The average molecular weight is 335 g/mol. The molecule has 0 aliphatic carbocycles. The zero-order chi connectivity index (χ0) is 16.9. The molecule has 0 saturated heterocycles. The molecule has 2 N–H and O–H groups in total. The van der Waals surface area contributed by atoms with Gasteiger partial charge in [-0.3, -0.25) is 4.79 Å². The van der Waals surface area contributed by atoms with Gasteiger partial charge >= 0.3 is 0 Å². The summed E-state index contributed by atoms with van der Waals surface area (Å²) in [6, 6.07) is 10.2. The van der Waals surface area contributed by atoms with Crippen LogP contribution < -0.4 is 5.32 Å². The summed E-state index contributed by atoms with van der Waals surface area (Å²) in [7, 11) is 0. The zero-order valence-corrected chi connectivity index (χ0v) is 14.2. The van der Waals surface area contributed by atoms with Crippen molar-refractivity contribution in [1.82, 2.24) is 5.32 Å². The van der Waals surface area contributed by atoms with E-state index in [9.17, 15) is 14.3 Å². The van der Waals surface area contributed by atoms with Gasteiger partial charge in [-0.1, -0.05) is 25.1 Å². The van der Waals surface area contributed by atoms with Crippen molar-refractivity contribution in [3.8, 4) is 0 Å². The van der Waals surface area contributed by atoms with Crippen LogP contribution in [0.15, 0.2) is 41.8 Å². The van der Waals surface area contributed by atoms with Crippen molar-refractivity contribution in [2.24, 2.45) is 5.92 Å². The fraction of sp³-hybridized carbons (Fsp3) is 0.389. The molecule has 1 aromatic heterocycles. The first-order valence-corrected chi connectivity index (χ1v) is 8.55. The maximum absolute atomic E-state index is 13.1. The van der Waals surface area contributed by atoms with Crippen LogP contribution in [0, 0.1) is 11.7 Å².